The van der Waals surface area contributed by atoms with Crippen LogP contribution in [0, 0.1) is 5.92 Å². The summed E-state index contributed by atoms with van der Waals surface area (Å²) < 4.78 is 5.23. The fourth-order valence-electron chi connectivity index (χ4n) is 1.65. The molecule has 0 radical (unpaired) electrons. The van der Waals surface area contributed by atoms with E-state index in [4.69, 9.17) is 9.57 Å². The van der Waals surface area contributed by atoms with E-state index in [1.165, 1.54) is 0 Å². The number of carbonyl (C=O) groups excluding carboxylic acids is 1. The Morgan fingerprint density at radius 2 is 2.44 bits per heavy atom. The van der Waals surface area contributed by atoms with Gasteiger partial charge in [0.05, 0.1) is 18.5 Å². The minimum atomic E-state index is 0.0103. The topological polar surface area (TPSA) is 47.6 Å². The van der Waals surface area contributed by atoms with Gasteiger partial charge in [-0.05, 0) is 6.42 Å². The van der Waals surface area contributed by atoms with E-state index in [0.717, 1.165) is 36.9 Å². The highest BCUT2D eigenvalue weighted by atomic mass is 32.2. The highest BCUT2D eigenvalue weighted by Crippen LogP contribution is 2.23. The standard InChI is InChI=1S/C10H17NO3S2/c12-10(9-7-15-3-4-16-9)11-14-6-8-1-2-13-5-8/h8-9H,1-7H2,(H,11,12). The molecule has 2 saturated heterocycles. The predicted octanol–water partition coefficient (Wildman–Crippen LogP) is 0.919. The molecule has 2 rings (SSSR count). The van der Waals surface area contributed by atoms with Crippen LogP contribution in [0.4, 0.5) is 0 Å². The van der Waals surface area contributed by atoms with Gasteiger partial charge >= 0.3 is 0 Å². The van der Waals surface area contributed by atoms with Crippen molar-refractivity contribution >= 4 is 29.4 Å². The van der Waals surface area contributed by atoms with Crippen LogP contribution in [0.3, 0.4) is 0 Å². The van der Waals surface area contributed by atoms with Gasteiger partial charge in [-0.25, -0.2) is 5.48 Å². The number of ether oxygens (including phenoxy) is 1. The summed E-state index contributed by atoms with van der Waals surface area (Å²) in [5, 5.41) is 0.0542. The quantitative estimate of drug-likeness (QED) is 0.764. The van der Waals surface area contributed by atoms with Gasteiger partial charge in [0.1, 0.15) is 0 Å². The first-order valence-electron chi connectivity index (χ1n) is 5.55. The predicted molar refractivity (Wildman–Crippen MR) is 66.6 cm³/mol. The lowest BCUT2D eigenvalue weighted by Crippen LogP contribution is -2.37. The fraction of sp³-hybridized carbons (Fsp3) is 0.900. The second-order valence-corrected chi connectivity index (χ2v) is 6.40. The van der Waals surface area contributed by atoms with Crippen LogP contribution in [0.5, 0.6) is 0 Å². The van der Waals surface area contributed by atoms with Crippen LogP contribution < -0.4 is 5.48 Å². The largest absolute Gasteiger partial charge is 0.381 e. The van der Waals surface area contributed by atoms with Gasteiger partial charge in [0.2, 0.25) is 0 Å². The third-order valence-corrected chi connectivity index (χ3v) is 5.38. The Hall–Kier alpha value is 0.0900. The number of amides is 1. The molecule has 4 nitrogen and oxygen atoms in total. The van der Waals surface area contributed by atoms with Crippen LogP contribution in [0.25, 0.3) is 0 Å². The molecule has 0 aromatic carbocycles. The molecule has 1 N–H and O–H groups in total. The molecular weight excluding hydrogens is 246 g/mol. The average molecular weight is 263 g/mol. The maximum atomic E-state index is 11.7. The van der Waals surface area contributed by atoms with E-state index in [9.17, 15) is 4.79 Å². The van der Waals surface area contributed by atoms with Crippen LogP contribution in [0.1, 0.15) is 6.42 Å². The maximum absolute atomic E-state index is 11.7. The Morgan fingerprint density at radius 1 is 1.50 bits per heavy atom. The van der Waals surface area contributed by atoms with Crippen molar-refractivity contribution in [2.24, 2.45) is 5.92 Å². The number of rotatable bonds is 4. The van der Waals surface area contributed by atoms with Gasteiger partial charge in [-0.15, -0.1) is 11.8 Å². The fourth-order valence-corrected chi connectivity index (χ4v) is 4.20. The van der Waals surface area contributed by atoms with Crippen LogP contribution >= 0.6 is 23.5 Å². The SMILES string of the molecule is O=C(NOCC1CCOC1)C1CSCCS1. The van der Waals surface area contributed by atoms with E-state index in [1.54, 1.807) is 11.8 Å². The first-order chi connectivity index (χ1) is 7.86. The molecule has 2 aliphatic heterocycles. The second kappa shape index (κ2) is 6.74. The summed E-state index contributed by atoms with van der Waals surface area (Å²) >= 11 is 3.55. The Labute approximate surface area is 104 Å². The number of nitrogens with one attached hydrogen (secondary N) is 1. The molecule has 0 spiro atoms. The zero-order chi connectivity index (χ0) is 11.2. The van der Waals surface area contributed by atoms with Crippen LogP contribution in [0.2, 0.25) is 0 Å². The smallest absolute Gasteiger partial charge is 0.257 e. The van der Waals surface area contributed by atoms with E-state index >= 15 is 0 Å². The van der Waals surface area contributed by atoms with Crippen molar-refractivity contribution < 1.29 is 14.4 Å². The third-order valence-electron chi connectivity index (χ3n) is 2.62. The summed E-state index contributed by atoms with van der Waals surface area (Å²) in [6.45, 7) is 2.14. The van der Waals surface area contributed by atoms with E-state index in [2.05, 4.69) is 5.48 Å². The summed E-state index contributed by atoms with van der Waals surface area (Å²) in [7, 11) is 0. The Kier molecular flexibility index (Phi) is 5.28. The molecule has 2 heterocycles. The molecule has 1 amide bonds. The van der Waals surface area contributed by atoms with Gasteiger partial charge < -0.3 is 4.74 Å². The number of thioether (sulfide) groups is 2. The normalized spacial score (nSPS) is 30.2. The minimum absolute atomic E-state index is 0.0103. The molecule has 6 heteroatoms. The monoisotopic (exact) mass is 263 g/mol. The Bertz CT molecular complexity index is 228. The second-order valence-electron chi connectivity index (χ2n) is 3.94. The number of carbonyl (C=O) groups is 1. The van der Waals surface area contributed by atoms with Crippen molar-refractivity contribution in [1.29, 1.82) is 0 Å². The van der Waals surface area contributed by atoms with Crippen molar-refractivity contribution in [2.45, 2.75) is 11.7 Å². The molecule has 92 valence electrons. The summed E-state index contributed by atoms with van der Waals surface area (Å²) in [5.74, 6) is 3.55. The maximum Gasteiger partial charge on any atom is 0.257 e. The lowest BCUT2D eigenvalue weighted by atomic mass is 10.1. The Morgan fingerprint density at radius 3 is 3.12 bits per heavy atom. The van der Waals surface area contributed by atoms with Crippen LogP contribution in [0.15, 0.2) is 0 Å². The van der Waals surface area contributed by atoms with E-state index in [0.29, 0.717) is 12.5 Å². The number of hydrogen-bond acceptors (Lipinski definition) is 5. The summed E-state index contributed by atoms with van der Waals surface area (Å²) in [6, 6.07) is 0. The molecule has 0 bridgehead atoms. The van der Waals surface area contributed by atoms with Gasteiger partial charge in [0, 0.05) is 29.8 Å². The number of hydrogen-bond donors (Lipinski definition) is 1. The zero-order valence-corrected chi connectivity index (χ0v) is 10.8. The van der Waals surface area contributed by atoms with Crippen molar-refractivity contribution in [1.82, 2.24) is 5.48 Å². The molecule has 0 saturated carbocycles. The molecule has 2 aliphatic rings. The zero-order valence-electron chi connectivity index (χ0n) is 9.15. The van der Waals surface area contributed by atoms with Crippen molar-refractivity contribution in [3.8, 4) is 0 Å². The highest BCUT2D eigenvalue weighted by Gasteiger charge is 2.23. The van der Waals surface area contributed by atoms with Gasteiger partial charge in [-0.3, -0.25) is 9.63 Å². The molecule has 0 aromatic rings. The average Bonchev–Trinajstić information content (AvgIpc) is 2.83. The van der Waals surface area contributed by atoms with E-state index in [-0.39, 0.29) is 11.2 Å². The summed E-state index contributed by atoms with van der Waals surface area (Å²) in [6.07, 6.45) is 1.03. The molecule has 2 atom stereocenters. The summed E-state index contributed by atoms with van der Waals surface area (Å²) in [4.78, 5) is 16.9. The van der Waals surface area contributed by atoms with E-state index in [1.807, 2.05) is 11.8 Å². The molecule has 2 fully saturated rings. The molecular formula is C10H17NO3S2. The lowest BCUT2D eigenvalue weighted by molar-refractivity contribution is -0.133. The molecule has 2 unspecified atom stereocenters. The van der Waals surface area contributed by atoms with Gasteiger partial charge in [-0.2, -0.15) is 11.8 Å². The highest BCUT2D eigenvalue weighted by molar-refractivity contribution is 8.07. The van der Waals surface area contributed by atoms with Crippen molar-refractivity contribution in [3.05, 3.63) is 0 Å². The van der Waals surface area contributed by atoms with Gasteiger partial charge in [-0.1, -0.05) is 0 Å². The molecule has 0 aromatic heterocycles. The van der Waals surface area contributed by atoms with Crippen molar-refractivity contribution in [2.75, 3.05) is 37.1 Å². The van der Waals surface area contributed by atoms with Gasteiger partial charge in [0.15, 0.2) is 0 Å². The van der Waals surface area contributed by atoms with Crippen LogP contribution in [-0.4, -0.2) is 48.2 Å². The van der Waals surface area contributed by atoms with Crippen LogP contribution in [-0.2, 0) is 14.4 Å². The Balaban J connectivity index is 1.59. The minimum Gasteiger partial charge on any atom is -0.381 e. The first kappa shape index (κ1) is 12.5. The lowest BCUT2D eigenvalue weighted by Gasteiger charge is -2.20. The van der Waals surface area contributed by atoms with E-state index < -0.39 is 0 Å². The number of hydroxylamine groups is 1. The molecule has 16 heavy (non-hydrogen) atoms. The first-order valence-corrected chi connectivity index (χ1v) is 7.75. The van der Waals surface area contributed by atoms with Gasteiger partial charge in [0.25, 0.3) is 5.91 Å². The molecule has 0 aliphatic carbocycles. The van der Waals surface area contributed by atoms with Crippen molar-refractivity contribution in [3.63, 3.8) is 0 Å². The summed E-state index contributed by atoms with van der Waals surface area (Å²) in [5.41, 5.74) is 2.55. The third kappa shape index (κ3) is 3.84.